The number of fused-ring (bicyclic) bond motifs is 10. The van der Waals surface area contributed by atoms with E-state index in [1.165, 1.54) is 27.6 Å². The zero-order valence-electron chi connectivity index (χ0n) is 21.3. The van der Waals surface area contributed by atoms with E-state index in [-0.39, 0.29) is 5.82 Å². The van der Waals surface area contributed by atoms with E-state index in [1.807, 2.05) is 24.3 Å². The number of halogens is 1. The first kappa shape index (κ1) is 21.6. The second-order valence-electron chi connectivity index (χ2n) is 10.4. The maximum atomic E-state index is 14.5. The van der Waals surface area contributed by atoms with Gasteiger partial charge in [-0.1, -0.05) is 78.9 Å². The lowest BCUT2D eigenvalue weighted by Gasteiger charge is -2.12. The minimum Gasteiger partial charge on any atom is -0.455 e. The van der Waals surface area contributed by atoms with E-state index < -0.39 is 0 Å². The average Bonchev–Trinajstić information content (AvgIpc) is 3.66. The van der Waals surface area contributed by atoms with E-state index in [9.17, 15) is 4.39 Å². The van der Waals surface area contributed by atoms with Gasteiger partial charge in [-0.05, 0) is 48.0 Å². The van der Waals surface area contributed by atoms with Crippen LogP contribution in [0, 0.1) is 5.82 Å². The molecule has 3 heterocycles. The van der Waals surface area contributed by atoms with Crippen molar-refractivity contribution in [1.29, 1.82) is 0 Å². The fraction of sp³-hybridized carbons (Fsp3) is 0. The van der Waals surface area contributed by atoms with Crippen molar-refractivity contribution >= 4 is 65.6 Å². The first-order valence-corrected chi connectivity index (χ1v) is 13.4. The second kappa shape index (κ2) is 7.84. The molecule has 0 amide bonds. The van der Waals surface area contributed by atoms with Crippen LogP contribution in [0.5, 0.6) is 0 Å². The molecule has 0 radical (unpaired) electrons. The molecule has 0 unspecified atom stereocenters. The molecular weight excluding hydrogens is 495 g/mol. The van der Waals surface area contributed by atoms with Gasteiger partial charge in [0.05, 0.1) is 16.6 Å². The van der Waals surface area contributed by atoms with Gasteiger partial charge in [-0.3, -0.25) is 0 Å². The van der Waals surface area contributed by atoms with Crippen molar-refractivity contribution < 1.29 is 8.81 Å². The fourth-order valence-electron chi connectivity index (χ4n) is 6.45. The molecule has 0 aliphatic rings. The Morgan fingerprint density at radius 2 is 1.38 bits per heavy atom. The average molecular weight is 517 g/mol. The van der Waals surface area contributed by atoms with Crippen LogP contribution in [0.4, 0.5) is 4.39 Å². The van der Waals surface area contributed by atoms with E-state index in [1.54, 1.807) is 12.1 Å². The van der Waals surface area contributed by atoms with Gasteiger partial charge in [0, 0.05) is 49.1 Å². The first-order chi connectivity index (χ1) is 19.7. The van der Waals surface area contributed by atoms with Gasteiger partial charge in [-0.15, -0.1) is 0 Å². The number of rotatable bonds is 2. The standard InChI is InChI=1S/C36H21FN2O/c37-22-9-7-8-21(18-22)29-19-23(20-30-26-12-3-6-15-33(26)40-36(29)30)39-32-14-5-2-11-25(32)28-17-16-27-24-10-1-4-13-31(24)38-34(27)35(28)39/h1-20,38H. The maximum Gasteiger partial charge on any atom is 0.143 e. The summed E-state index contributed by atoms with van der Waals surface area (Å²) in [5.41, 5.74) is 8.64. The molecule has 4 heteroatoms. The quantitative estimate of drug-likeness (QED) is 0.244. The van der Waals surface area contributed by atoms with Crippen molar-refractivity contribution in [1.82, 2.24) is 9.55 Å². The van der Waals surface area contributed by atoms with E-state index >= 15 is 0 Å². The minimum absolute atomic E-state index is 0.274. The van der Waals surface area contributed by atoms with Crippen molar-refractivity contribution in [2.45, 2.75) is 0 Å². The van der Waals surface area contributed by atoms with Gasteiger partial charge in [-0.2, -0.15) is 0 Å². The molecule has 9 aromatic rings. The Morgan fingerprint density at radius 3 is 2.27 bits per heavy atom. The number of hydrogen-bond acceptors (Lipinski definition) is 1. The summed E-state index contributed by atoms with van der Waals surface area (Å²) < 4.78 is 23.2. The van der Waals surface area contributed by atoms with Crippen LogP contribution in [0.15, 0.2) is 126 Å². The summed E-state index contributed by atoms with van der Waals surface area (Å²) in [6.45, 7) is 0. The van der Waals surface area contributed by atoms with Gasteiger partial charge in [0.1, 0.15) is 17.0 Å². The summed E-state index contributed by atoms with van der Waals surface area (Å²) >= 11 is 0. The summed E-state index contributed by atoms with van der Waals surface area (Å²) in [6.07, 6.45) is 0. The molecule has 0 aliphatic carbocycles. The zero-order valence-corrected chi connectivity index (χ0v) is 21.3. The first-order valence-electron chi connectivity index (χ1n) is 13.4. The lowest BCUT2D eigenvalue weighted by molar-refractivity contribution is 0.628. The van der Waals surface area contributed by atoms with E-state index in [0.29, 0.717) is 0 Å². The van der Waals surface area contributed by atoms with Gasteiger partial charge in [-0.25, -0.2) is 4.39 Å². The van der Waals surface area contributed by atoms with E-state index in [2.05, 4.69) is 88.4 Å². The Morgan fingerprint density at radius 1 is 0.600 bits per heavy atom. The third-order valence-electron chi connectivity index (χ3n) is 8.17. The van der Waals surface area contributed by atoms with Gasteiger partial charge in [0.15, 0.2) is 0 Å². The summed E-state index contributed by atoms with van der Waals surface area (Å²) in [5.74, 6) is -0.274. The van der Waals surface area contributed by atoms with Crippen molar-refractivity contribution in [3.63, 3.8) is 0 Å². The summed E-state index contributed by atoms with van der Waals surface area (Å²) in [7, 11) is 0. The molecule has 0 atom stereocenters. The molecule has 1 N–H and O–H groups in total. The van der Waals surface area contributed by atoms with Crippen LogP contribution in [-0.4, -0.2) is 9.55 Å². The Bertz CT molecular complexity index is 2460. The van der Waals surface area contributed by atoms with Gasteiger partial charge in [0.25, 0.3) is 0 Å². The predicted octanol–water partition coefficient (Wildman–Crippen LogP) is 10.1. The summed E-state index contributed by atoms with van der Waals surface area (Å²) in [6, 6.07) is 40.6. The molecule has 0 saturated carbocycles. The molecule has 40 heavy (non-hydrogen) atoms. The predicted molar refractivity (Wildman–Crippen MR) is 163 cm³/mol. The maximum absolute atomic E-state index is 14.5. The molecule has 0 fully saturated rings. The lowest BCUT2D eigenvalue weighted by atomic mass is 10.0. The number of furan rings is 1. The monoisotopic (exact) mass is 516 g/mol. The van der Waals surface area contributed by atoms with Crippen LogP contribution in [0.25, 0.3) is 82.4 Å². The minimum atomic E-state index is -0.274. The van der Waals surface area contributed by atoms with Crippen LogP contribution in [0.3, 0.4) is 0 Å². The van der Waals surface area contributed by atoms with Crippen LogP contribution in [0.2, 0.25) is 0 Å². The Hall–Kier alpha value is -5.35. The lowest BCUT2D eigenvalue weighted by Crippen LogP contribution is -1.96. The van der Waals surface area contributed by atoms with Gasteiger partial charge < -0.3 is 14.0 Å². The number of aromatic nitrogens is 2. The smallest absolute Gasteiger partial charge is 0.143 e. The molecule has 0 bridgehead atoms. The largest absolute Gasteiger partial charge is 0.455 e. The number of benzene rings is 6. The number of hydrogen-bond donors (Lipinski definition) is 1. The van der Waals surface area contributed by atoms with Crippen molar-refractivity contribution in [3.8, 4) is 16.8 Å². The second-order valence-corrected chi connectivity index (χ2v) is 10.4. The topological polar surface area (TPSA) is 33.9 Å². The highest BCUT2D eigenvalue weighted by Gasteiger charge is 2.20. The molecule has 3 nitrogen and oxygen atoms in total. The highest BCUT2D eigenvalue weighted by molar-refractivity contribution is 6.23. The molecule has 3 aromatic heterocycles. The Kier molecular flexibility index (Phi) is 4.23. The van der Waals surface area contributed by atoms with Crippen LogP contribution >= 0.6 is 0 Å². The third-order valence-corrected chi connectivity index (χ3v) is 8.17. The fourth-order valence-corrected chi connectivity index (χ4v) is 6.45. The van der Waals surface area contributed by atoms with Crippen molar-refractivity contribution in [2.24, 2.45) is 0 Å². The molecule has 9 rings (SSSR count). The Balaban J connectivity index is 1.49. The molecule has 0 saturated heterocycles. The number of para-hydroxylation sites is 3. The van der Waals surface area contributed by atoms with E-state index in [0.717, 1.165) is 60.8 Å². The number of nitrogens with one attached hydrogen (secondary N) is 1. The number of aromatic amines is 1. The van der Waals surface area contributed by atoms with Crippen LogP contribution < -0.4 is 0 Å². The van der Waals surface area contributed by atoms with Crippen LogP contribution in [-0.2, 0) is 0 Å². The molecular formula is C36H21FN2O. The van der Waals surface area contributed by atoms with E-state index in [4.69, 9.17) is 4.42 Å². The number of H-pyrrole nitrogens is 1. The van der Waals surface area contributed by atoms with Crippen LogP contribution in [0.1, 0.15) is 0 Å². The SMILES string of the molecule is Fc1cccc(-c2cc(-n3c4ccccc4c4ccc5c6ccccc6[nH]c5c43)cc3c2oc2ccccc23)c1. The molecule has 0 aliphatic heterocycles. The normalized spacial score (nSPS) is 12.1. The van der Waals surface area contributed by atoms with Gasteiger partial charge >= 0.3 is 0 Å². The molecule has 188 valence electrons. The third kappa shape index (κ3) is 2.88. The highest BCUT2D eigenvalue weighted by atomic mass is 19.1. The van der Waals surface area contributed by atoms with Crippen molar-refractivity contribution in [2.75, 3.05) is 0 Å². The summed E-state index contributed by atoms with van der Waals surface area (Å²) in [4.78, 5) is 3.72. The highest BCUT2D eigenvalue weighted by Crippen LogP contribution is 2.42. The van der Waals surface area contributed by atoms with Crippen molar-refractivity contribution in [3.05, 3.63) is 127 Å². The number of nitrogens with zero attached hydrogens (tertiary/aromatic N) is 1. The Labute approximate surface area is 227 Å². The summed E-state index contributed by atoms with van der Waals surface area (Å²) in [5, 5.41) is 6.79. The molecule has 0 spiro atoms. The molecule has 6 aromatic carbocycles. The zero-order chi connectivity index (χ0) is 26.4. The van der Waals surface area contributed by atoms with Gasteiger partial charge in [0.2, 0.25) is 0 Å².